The van der Waals surface area contributed by atoms with Crippen LogP contribution in [0.4, 0.5) is 0 Å². The summed E-state index contributed by atoms with van der Waals surface area (Å²) in [5.74, 6) is -0.332. The van der Waals surface area contributed by atoms with Crippen LogP contribution in [0.3, 0.4) is 0 Å². The summed E-state index contributed by atoms with van der Waals surface area (Å²) in [5, 5.41) is 23.4. The van der Waals surface area contributed by atoms with Gasteiger partial charge in [0.1, 0.15) is 17.2 Å². The standard InChI is InChI=1S/C16H15ClN2O4/c1-9(12-5-4-11(20)8-14(12)21)18-19-16(22)13-7-10(17)3-6-15(13)23-2/h3-8,20-21H,1-2H3,(H,19,22)/b18-9+. The van der Waals surface area contributed by atoms with Gasteiger partial charge in [-0.2, -0.15) is 5.10 Å². The average Bonchev–Trinajstić information content (AvgIpc) is 2.52. The van der Waals surface area contributed by atoms with E-state index < -0.39 is 5.91 Å². The van der Waals surface area contributed by atoms with Gasteiger partial charge in [0.05, 0.1) is 18.4 Å². The number of hydrogen-bond donors (Lipinski definition) is 3. The third kappa shape index (κ3) is 3.92. The fourth-order valence-corrected chi connectivity index (χ4v) is 2.11. The number of rotatable bonds is 4. The molecule has 2 aromatic rings. The Kier molecular flexibility index (Phi) is 5.08. The topological polar surface area (TPSA) is 91.2 Å². The Morgan fingerprint density at radius 3 is 2.57 bits per heavy atom. The first-order valence-electron chi connectivity index (χ1n) is 6.63. The minimum Gasteiger partial charge on any atom is -0.508 e. The minimum absolute atomic E-state index is 0.0632. The molecule has 0 saturated carbocycles. The molecule has 6 nitrogen and oxygen atoms in total. The molecule has 0 aromatic heterocycles. The second kappa shape index (κ2) is 7.02. The maximum Gasteiger partial charge on any atom is 0.275 e. The van der Waals surface area contributed by atoms with E-state index in [1.165, 1.54) is 31.4 Å². The molecule has 0 radical (unpaired) electrons. The zero-order valence-electron chi connectivity index (χ0n) is 12.5. The first-order chi connectivity index (χ1) is 10.9. The molecule has 0 heterocycles. The predicted molar refractivity (Wildman–Crippen MR) is 87.5 cm³/mol. The predicted octanol–water partition coefficient (Wildman–Crippen LogP) is 2.91. The van der Waals surface area contributed by atoms with Gasteiger partial charge in [0, 0.05) is 16.7 Å². The van der Waals surface area contributed by atoms with Crippen LogP contribution in [0.15, 0.2) is 41.5 Å². The molecule has 0 aliphatic heterocycles. The summed E-state index contributed by atoms with van der Waals surface area (Å²) in [6, 6.07) is 8.76. The van der Waals surface area contributed by atoms with Crippen LogP contribution >= 0.6 is 11.6 Å². The molecule has 7 heteroatoms. The molecule has 2 aromatic carbocycles. The number of carbonyl (C=O) groups excluding carboxylic acids is 1. The number of methoxy groups -OCH3 is 1. The Morgan fingerprint density at radius 2 is 1.91 bits per heavy atom. The maximum atomic E-state index is 12.2. The van der Waals surface area contributed by atoms with E-state index in [2.05, 4.69) is 10.5 Å². The number of hydrazone groups is 1. The molecule has 1 amide bonds. The van der Waals surface area contributed by atoms with Crippen LogP contribution in [0.25, 0.3) is 0 Å². The van der Waals surface area contributed by atoms with Crippen molar-refractivity contribution in [2.75, 3.05) is 7.11 Å². The first kappa shape index (κ1) is 16.6. The number of phenols is 2. The quantitative estimate of drug-likeness (QED) is 0.592. The number of carbonyl (C=O) groups is 1. The molecular formula is C16H15ClN2O4. The number of amides is 1. The highest BCUT2D eigenvalue weighted by molar-refractivity contribution is 6.31. The lowest BCUT2D eigenvalue weighted by Crippen LogP contribution is -2.20. The monoisotopic (exact) mass is 334 g/mol. The number of hydrogen-bond acceptors (Lipinski definition) is 5. The SMILES string of the molecule is COc1ccc(Cl)cc1C(=O)N/N=C(\C)c1ccc(O)cc1O. The zero-order valence-corrected chi connectivity index (χ0v) is 13.3. The fraction of sp³-hybridized carbons (Fsp3) is 0.125. The maximum absolute atomic E-state index is 12.2. The summed E-state index contributed by atoms with van der Waals surface area (Å²) in [6.07, 6.45) is 0. The number of ether oxygens (including phenoxy) is 1. The van der Waals surface area contributed by atoms with E-state index >= 15 is 0 Å². The van der Waals surface area contributed by atoms with Crippen molar-refractivity contribution >= 4 is 23.2 Å². The van der Waals surface area contributed by atoms with Crippen molar-refractivity contribution in [2.45, 2.75) is 6.92 Å². The molecule has 23 heavy (non-hydrogen) atoms. The van der Waals surface area contributed by atoms with Crippen molar-refractivity contribution in [1.82, 2.24) is 5.43 Å². The van der Waals surface area contributed by atoms with Crippen LogP contribution in [0, 0.1) is 0 Å². The lowest BCUT2D eigenvalue weighted by molar-refractivity contribution is 0.0951. The summed E-state index contributed by atoms with van der Waals surface area (Å²) in [4.78, 5) is 12.2. The Hall–Kier alpha value is -2.73. The van der Waals surface area contributed by atoms with Crippen LogP contribution < -0.4 is 10.2 Å². The van der Waals surface area contributed by atoms with Crippen molar-refractivity contribution in [2.24, 2.45) is 5.10 Å². The van der Waals surface area contributed by atoms with Crippen LogP contribution in [-0.4, -0.2) is 28.9 Å². The molecule has 0 fully saturated rings. The molecule has 0 aliphatic carbocycles. The van der Waals surface area contributed by atoms with Crippen molar-refractivity contribution in [3.63, 3.8) is 0 Å². The van der Waals surface area contributed by atoms with Crippen LogP contribution in [0.5, 0.6) is 17.2 Å². The van der Waals surface area contributed by atoms with Crippen LogP contribution in [0.1, 0.15) is 22.8 Å². The van der Waals surface area contributed by atoms with Crippen LogP contribution in [-0.2, 0) is 0 Å². The normalized spacial score (nSPS) is 11.2. The van der Waals surface area contributed by atoms with E-state index in [0.29, 0.717) is 22.0 Å². The second-order valence-electron chi connectivity index (χ2n) is 4.68. The highest BCUT2D eigenvalue weighted by Crippen LogP contribution is 2.24. The van der Waals surface area contributed by atoms with Crippen molar-refractivity contribution in [3.8, 4) is 17.2 Å². The number of halogens is 1. The van der Waals surface area contributed by atoms with E-state index in [1.807, 2.05) is 0 Å². The lowest BCUT2D eigenvalue weighted by Gasteiger charge is -2.08. The Bertz CT molecular complexity index is 775. The van der Waals surface area contributed by atoms with E-state index in [4.69, 9.17) is 16.3 Å². The van der Waals surface area contributed by atoms with Gasteiger partial charge >= 0.3 is 0 Å². The highest BCUT2D eigenvalue weighted by Gasteiger charge is 2.13. The summed E-state index contributed by atoms with van der Waals surface area (Å²) < 4.78 is 5.11. The molecule has 0 aliphatic rings. The highest BCUT2D eigenvalue weighted by atomic mass is 35.5. The van der Waals surface area contributed by atoms with Crippen LogP contribution in [0.2, 0.25) is 5.02 Å². The van der Waals surface area contributed by atoms with Gasteiger partial charge in [-0.3, -0.25) is 4.79 Å². The molecule has 0 unspecified atom stereocenters. The lowest BCUT2D eigenvalue weighted by atomic mass is 10.1. The number of nitrogens with zero attached hydrogens (tertiary/aromatic N) is 1. The van der Waals surface area contributed by atoms with E-state index in [-0.39, 0.29) is 17.1 Å². The Morgan fingerprint density at radius 1 is 1.17 bits per heavy atom. The van der Waals surface area contributed by atoms with Gasteiger partial charge in [0.25, 0.3) is 5.91 Å². The minimum atomic E-state index is -0.498. The molecule has 3 N–H and O–H groups in total. The third-order valence-corrected chi connectivity index (χ3v) is 3.34. The summed E-state index contributed by atoms with van der Waals surface area (Å²) in [5.41, 5.74) is 3.38. The Labute approximate surface area is 138 Å². The molecule has 2 rings (SSSR count). The summed E-state index contributed by atoms with van der Waals surface area (Å²) in [7, 11) is 1.45. The van der Waals surface area contributed by atoms with Crippen molar-refractivity contribution in [1.29, 1.82) is 0 Å². The fourth-order valence-electron chi connectivity index (χ4n) is 1.94. The van der Waals surface area contributed by atoms with E-state index in [9.17, 15) is 15.0 Å². The first-order valence-corrected chi connectivity index (χ1v) is 7.00. The number of phenolic OH excluding ortho intramolecular Hbond substituents is 2. The smallest absolute Gasteiger partial charge is 0.275 e. The van der Waals surface area contributed by atoms with Gasteiger partial charge in [0.15, 0.2) is 0 Å². The summed E-state index contributed by atoms with van der Waals surface area (Å²) in [6.45, 7) is 1.61. The second-order valence-corrected chi connectivity index (χ2v) is 5.12. The van der Waals surface area contributed by atoms with Gasteiger partial charge in [0.2, 0.25) is 0 Å². The average molecular weight is 335 g/mol. The number of nitrogens with one attached hydrogen (secondary N) is 1. The van der Waals surface area contributed by atoms with Crippen molar-refractivity contribution < 1.29 is 19.7 Å². The molecule has 0 spiro atoms. The van der Waals surface area contributed by atoms with E-state index in [1.54, 1.807) is 19.1 Å². The van der Waals surface area contributed by atoms with Crippen molar-refractivity contribution in [3.05, 3.63) is 52.5 Å². The molecular weight excluding hydrogens is 320 g/mol. The van der Waals surface area contributed by atoms with Gasteiger partial charge in [-0.15, -0.1) is 0 Å². The van der Waals surface area contributed by atoms with Gasteiger partial charge in [-0.25, -0.2) is 5.43 Å². The third-order valence-electron chi connectivity index (χ3n) is 3.10. The van der Waals surface area contributed by atoms with Gasteiger partial charge < -0.3 is 14.9 Å². The number of aromatic hydroxyl groups is 2. The number of benzene rings is 2. The largest absolute Gasteiger partial charge is 0.508 e. The van der Waals surface area contributed by atoms with Gasteiger partial charge in [-0.05, 0) is 37.3 Å². The molecule has 0 atom stereocenters. The molecule has 0 bridgehead atoms. The Balaban J connectivity index is 2.22. The summed E-state index contributed by atoms with van der Waals surface area (Å²) >= 11 is 5.88. The molecule has 0 saturated heterocycles. The van der Waals surface area contributed by atoms with E-state index in [0.717, 1.165) is 0 Å². The molecule has 120 valence electrons. The zero-order chi connectivity index (χ0) is 17.0. The van der Waals surface area contributed by atoms with Gasteiger partial charge in [-0.1, -0.05) is 11.6 Å².